The average molecular weight is 619 g/mol. The molecule has 0 unspecified atom stereocenters. The number of allylic oxidation sites excluding steroid dienone is 2. The molecule has 246 valence electrons. The van der Waals surface area contributed by atoms with Crippen LogP contribution < -0.4 is 0 Å². The van der Waals surface area contributed by atoms with Crippen LogP contribution in [0.3, 0.4) is 0 Å². The van der Waals surface area contributed by atoms with Crippen LogP contribution in [0.1, 0.15) is 112 Å². The van der Waals surface area contributed by atoms with Crippen molar-refractivity contribution < 1.29 is 29.6 Å². The fraction of sp³-hybridized carbons (Fsp3) is 0.692. The fourth-order valence-electron chi connectivity index (χ4n) is 11.9. The van der Waals surface area contributed by atoms with Crippen LogP contribution in [-0.4, -0.2) is 39.0 Å². The minimum Gasteiger partial charge on any atom is -0.508 e. The predicted octanol–water partition coefficient (Wildman–Crippen LogP) is 8.17. The Hall–Kier alpha value is -2.60. The standard InChI is InChI=1S/C39H54O6/c1-24-32-27-13-14-29-35(4)18-17-30(45-31(41)15-10-25-8-11-26(40)12-9-25)34(2,3)28(35)16-19-37(29,6)36(27,5)20-22-39(32,33(42)43)23-21-38(24,7)44/h8-13,15,24,28-30,32,40,44H,14,16-23H2,1-7H3,(H,42,43)/t24-,28+,29-,30+,32+,35+,36-,37-,38+,39-/m1/s1. The maximum Gasteiger partial charge on any atom is 0.331 e. The van der Waals surface area contributed by atoms with E-state index >= 15 is 0 Å². The van der Waals surface area contributed by atoms with Gasteiger partial charge < -0.3 is 20.1 Å². The normalized spacial score (nSPS) is 45.3. The van der Waals surface area contributed by atoms with Gasteiger partial charge in [-0.15, -0.1) is 0 Å². The Labute approximate surface area is 269 Å². The lowest BCUT2D eigenvalue weighted by atomic mass is 9.33. The third kappa shape index (κ3) is 4.58. The second-order valence-corrected chi connectivity index (χ2v) is 17.1. The van der Waals surface area contributed by atoms with Gasteiger partial charge in [-0.3, -0.25) is 4.79 Å². The van der Waals surface area contributed by atoms with E-state index in [0.717, 1.165) is 44.1 Å². The first-order chi connectivity index (χ1) is 20.9. The minimum atomic E-state index is -0.872. The maximum atomic E-state index is 13.0. The van der Waals surface area contributed by atoms with E-state index in [1.165, 1.54) is 11.6 Å². The number of carboxylic acid groups (broad SMARTS) is 1. The largest absolute Gasteiger partial charge is 0.508 e. The quantitative estimate of drug-likeness (QED) is 0.179. The number of benzene rings is 1. The van der Waals surface area contributed by atoms with Crippen LogP contribution in [0.4, 0.5) is 0 Å². The van der Waals surface area contributed by atoms with E-state index in [0.29, 0.717) is 31.1 Å². The summed E-state index contributed by atoms with van der Waals surface area (Å²) in [6.45, 7) is 16.0. The molecule has 0 amide bonds. The van der Waals surface area contributed by atoms with Gasteiger partial charge in [0, 0.05) is 17.4 Å². The molecule has 5 aliphatic carbocycles. The highest BCUT2D eigenvalue weighted by Gasteiger charge is 2.70. The third-order valence-corrected chi connectivity index (χ3v) is 15.0. The molecule has 5 aliphatic rings. The molecule has 0 aromatic heterocycles. The van der Waals surface area contributed by atoms with E-state index in [-0.39, 0.29) is 51.3 Å². The summed E-state index contributed by atoms with van der Waals surface area (Å²) in [4.78, 5) is 26.0. The zero-order chi connectivity index (χ0) is 32.8. The number of phenols is 1. The Morgan fingerprint density at radius 3 is 2.22 bits per heavy atom. The molecule has 1 aromatic rings. The van der Waals surface area contributed by atoms with Crippen LogP contribution in [-0.2, 0) is 14.3 Å². The number of fused-ring (bicyclic) bond motifs is 7. The number of carbonyl (C=O) groups is 2. The Kier molecular flexibility index (Phi) is 7.51. The van der Waals surface area contributed by atoms with Crippen LogP contribution >= 0.6 is 0 Å². The molecule has 0 saturated heterocycles. The van der Waals surface area contributed by atoms with E-state index in [2.05, 4.69) is 47.6 Å². The summed E-state index contributed by atoms with van der Waals surface area (Å²) in [5.74, 6) is -0.255. The molecular formula is C39H54O6. The van der Waals surface area contributed by atoms with Gasteiger partial charge in [-0.2, -0.15) is 0 Å². The van der Waals surface area contributed by atoms with E-state index in [4.69, 9.17) is 4.74 Å². The lowest BCUT2D eigenvalue weighted by molar-refractivity contribution is -0.216. The van der Waals surface area contributed by atoms with E-state index < -0.39 is 17.0 Å². The Bertz CT molecular complexity index is 1420. The van der Waals surface area contributed by atoms with Crippen molar-refractivity contribution in [2.24, 2.45) is 50.7 Å². The number of ether oxygens (including phenoxy) is 1. The molecule has 4 fully saturated rings. The molecule has 0 bridgehead atoms. The molecule has 6 nitrogen and oxygen atoms in total. The summed E-state index contributed by atoms with van der Waals surface area (Å²) >= 11 is 0. The van der Waals surface area contributed by atoms with Gasteiger partial charge >= 0.3 is 11.9 Å². The number of carboxylic acids is 1. The molecule has 0 aliphatic heterocycles. The number of aliphatic carboxylic acids is 1. The number of esters is 1. The average Bonchev–Trinajstić information content (AvgIpc) is 2.96. The number of rotatable bonds is 4. The Morgan fingerprint density at radius 2 is 1.56 bits per heavy atom. The SMILES string of the molecule is C[C@@H]1[C@H]2C3=CC[C@@H]4[C@@]5(C)CC[C@H](OC(=O)C=Cc6ccc(O)cc6)C(C)(C)[C@@H]5CC[C@@]4(C)[C@]3(C)CC[C@@]2(C(=O)O)CC[C@]1(C)O. The van der Waals surface area contributed by atoms with Crippen molar-refractivity contribution in [2.75, 3.05) is 0 Å². The highest BCUT2D eigenvalue weighted by atomic mass is 16.5. The van der Waals surface area contributed by atoms with E-state index in [1.54, 1.807) is 30.3 Å². The molecule has 45 heavy (non-hydrogen) atoms. The summed E-state index contributed by atoms with van der Waals surface area (Å²) in [5.41, 5.74) is 0.247. The third-order valence-electron chi connectivity index (χ3n) is 15.0. The van der Waals surface area contributed by atoms with E-state index in [1.807, 2.05) is 6.92 Å². The molecule has 6 rings (SSSR count). The lowest BCUT2D eigenvalue weighted by Gasteiger charge is -2.71. The molecule has 3 N–H and O–H groups in total. The van der Waals surface area contributed by atoms with Crippen molar-refractivity contribution in [3.05, 3.63) is 47.6 Å². The van der Waals surface area contributed by atoms with Crippen molar-refractivity contribution >= 4 is 18.0 Å². The zero-order valence-electron chi connectivity index (χ0n) is 28.4. The zero-order valence-corrected chi connectivity index (χ0v) is 28.4. The molecule has 1 aromatic carbocycles. The number of aliphatic hydroxyl groups is 1. The molecule has 10 atom stereocenters. The van der Waals surface area contributed by atoms with Crippen LogP contribution in [0.5, 0.6) is 5.75 Å². The summed E-state index contributed by atoms with van der Waals surface area (Å²) in [7, 11) is 0. The molecule has 4 saturated carbocycles. The van der Waals surface area contributed by atoms with Gasteiger partial charge in [0.25, 0.3) is 0 Å². The molecule has 0 spiro atoms. The van der Waals surface area contributed by atoms with Crippen molar-refractivity contribution in [3.8, 4) is 5.75 Å². The topological polar surface area (TPSA) is 104 Å². The second-order valence-electron chi connectivity index (χ2n) is 17.1. The second kappa shape index (κ2) is 10.5. The van der Waals surface area contributed by atoms with Gasteiger partial charge in [0.2, 0.25) is 0 Å². The summed E-state index contributed by atoms with van der Waals surface area (Å²) in [6.07, 6.45) is 13.0. The smallest absolute Gasteiger partial charge is 0.331 e. The summed E-state index contributed by atoms with van der Waals surface area (Å²) in [5, 5.41) is 31.6. The fourth-order valence-corrected chi connectivity index (χ4v) is 11.9. The number of hydrogen-bond donors (Lipinski definition) is 3. The molecule has 0 heterocycles. The van der Waals surface area contributed by atoms with Gasteiger partial charge in [-0.25, -0.2) is 4.79 Å². The monoisotopic (exact) mass is 618 g/mol. The number of aromatic hydroxyl groups is 1. The van der Waals surface area contributed by atoms with Crippen LogP contribution in [0.15, 0.2) is 42.0 Å². The first-order valence-electron chi connectivity index (χ1n) is 17.3. The predicted molar refractivity (Wildman–Crippen MR) is 175 cm³/mol. The van der Waals surface area contributed by atoms with Crippen molar-refractivity contribution in [3.63, 3.8) is 0 Å². The van der Waals surface area contributed by atoms with Gasteiger partial charge in [-0.05, 0) is 122 Å². The van der Waals surface area contributed by atoms with Crippen LogP contribution in [0.25, 0.3) is 6.08 Å². The van der Waals surface area contributed by atoms with Gasteiger partial charge in [0.05, 0.1) is 11.0 Å². The minimum absolute atomic E-state index is 0.0163. The highest BCUT2D eigenvalue weighted by molar-refractivity contribution is 5.87. The van der Waals surface area contributed by atoms with Crippen LogP contribution in [0.2, 0.25) is 0 Å². The molecular weight excluding hydrogens is 564 g/mol. The van der Waals surface area contributed by atoms with Gasteiger partial charge in [0.15, 0.2) is 0 Å². The lowest BCUT2D eigenvalue weighted by Crippen LogP contribution is -2.66. The summed E-state index contributed by atoms with van der Waals surface area (Å²) < 4.78 is 6.17. The van der Waals surface area contributed by atoms with Gasteiger partial charge in [0.1, 0.15) is 11.9 Å². The summed E-state index contributed by atoms with van der Waals surface area (Å²) in [6, 6.07) is 6.74. The first-order valence-corrected chi connectivity index (χ1v) is 17.3. The Balaban J connectivity index is 1.28. The first kappa shape index (κ1) is 32.3. The molecule has 0 radical (unpaired) electrons. The van der Waals surface area contributed by atoms with Gasteiger partial charge in [-0.1, -0.05) is 65.3 Å². The van der Waals surface area contributed by atoms with Crippen molar-refractivity contribution in [1.82, 2.24) is 0 Å². The Morgan fingerprint density at radius 1 is 0.889 bits per heavy atom. The van der Waals surface area contributed by atoms with Crippen molar-refractivity contribution in [1.29, 1.82) is 0 Å². The van der Waals surface area contributed by atoms with E-state index in [9.17, 15) is 24.9 Å². The van der Waals surface area contributed by atoms with Crippen molar-refractivity contribution in [2.45, 2.75) is 118 Å². The molecule has 6 heteroatoms. The maximum absolute atomic E-state index is 13.0. The number of hydrogen-bond acceptors (Lipinski definition) is 5. The highest BCUT2D eigenvalue weighted by Crippen LogP contribution is 2.76. The van der Waals surface area contributed by atoms with Crippen LogP contribution in [0, 0.1) is 50.7 Å². The number of carbonyl (C=O) groups excluding carboxylic acids is 1. The number of phenolic OH excluding ortho intramolecular Hbond substituents is 1.